The van der Waals surface area contributed by atoms with Crippen LogP contribution in [0.15, 0.2) is 39.7 Å². The summed E-state index contributed by atoms with van der Waals surface area (Å²) in [5.74, 6) is 1.64. The van der Waals surface area contributed by atoms with Gasteiger partial charge in [0.1, 0.15) is 11.5 Å². The van der Waals surface area contributed by atoms with Crippen molar-refractivity contribution >= 4 is 15.9 Å². The summed E-state index contributed by atoms with van der Waals surface area (Å²) in [6.07, 6.45) is 4.55. The Bertz CT molecular complexity index is 542. The van der Waals surface area contributed by atoms with E-state index in [9.17, 15) is 0 Å². The van der Waals surface area contributed by atoms with Crippen LogP contribution in [0.1, 0.15) is 37.6 Å². The molecule has 2 rings (SSSR count). The molecule has 1 atom stereocenters. The van der Waals surface area contributed by atoms with E-state index in [1.54, 1.807) is 6.20 Å². The minimum Gasteiger partial charge on any atom is -0.492 e. The summed E-state index contributed by atoms with van der Waals surface area (Å²) in [6.45, 7) is 5.68. The van der Waals surface area contributed by atoms with Crippen LogP contribution in [0.5, 0.6) is 5.75 Å². The van der Waals surface area contributed by atoms with Crippen LogP contribution in [-0.2, 0) is 0 Å². The molecular formula is C15H19BrN2O2. The van der Waals surface area contributed by atoms with Gasteiger partial charge in [-0.3, -0.25) is 4.98 Å². The van der Waals surface area contributed by atoms with E-state index in [1.807, 2.05) is 24.4 Å². The Morgan fingerprint density at radius 1 is 1.35 bits per heavy atom. The fraction of sp³-hybridized carbons (Fsp3) is 0.400. The number of hydrogen-bond donors (Lipinski definition) is 1. The zero-order chi connectivity index (χ0) is 14.4. The first-order valence-electron chi connectivity index (χ1n) is 6.81. The molecule has 4 nitrogen and oxygen atoms in total. The van der Waals surface area contributed by atoms with E-state index in [2.05, 4.69) is 40.1 Å². The van der Waals surface area contributed by atoms with Crippen molar-refractivity contribution in [3.8, 4) is 5.75 Å². The molecule has 0 aliphatic carbocycles. The van der Waals surface area contributed by atoms with Gasteiger partial charge in [0.05, 0.1) is 18.8 Å². The lowest BCUT2D eigenvalue weighted by atomic mass is 10.1. The Hall–Kier alpha value is -1.33. The van der Waals surface area contributed by atoms with E-state index in [1.165, 1.54) is 0 Å². The predicted molar refractivity (Wildman–Crippen MR) is 82.0 cm³/mol. The third-order valence-corrected chi connectivity index (χ3v) is 3.25. The van der Waals surface area contributed by atoms with E-state index in [0.29, 0.717) is 6.61 Å². The smallest absolute Gasteiger partial charge is 0.169 e. The van der Waals surface area contributed by atoms with Gasteiger partial charge in [-0.1, -0.05) is 13.8 Å². The molecule has 0 saturated heterocycles. The van der Waals surface area contributed by atoms with E-state index < -0.39 is 0 Å². The van der Waals surface area contributed by atoms with Crippen LogP contribution in [0, 0.1) is 0 Å². The topological polar surface area (TPSA) is 47.3 Å². The van der Waals surface area contributed by atoms with Gasteiger partial charge >= 0.3 is 0 Å². The van der Waals surface area contributed by atoms with Crippen molar-refractivity contribution in [1.82, 2.24) is 10.3 Å². The molecule has 2 aromatic heterocycles. The molecule has 1 N–H and O–H groups in total. The van der Waals surface area contributed by atoms with Gasteiger partial charge in [0.25, 0.3) is 0 Å². The zero-order valence-corrected chi connectivity index (χ0v) is 13.3. The van der Waals surface area contributed by atoms with Crippen LogP contribution in [0.2, 0.25) is 0 Å². The highest BCUT2D eigenvalue weighted by Crippen LogP contribution is 2.27. The van der Waals surface area contributed by atoms with Crippen LogP contribution in [0.3, 0.4) is 0 Å². The molecule has 0 aliphatic heterocycles. The Labute approximate surface area is 127 Å². The largest absolute Gasteiger partial charge is 0.492 e. The molecule has 0 fully saturated rings. The lowest BCUT2D eigenvalue weighted by molar-refractivity contribution is 0.315. The van der Waals surface area contributed by atoms with E-state index in [4.69, 9.17) is 9.15 Å². The summed E-state index contributed by atoms with van der Waals surface area (Å²) < 4.78 is 12.0. The van der Waals surface area contributed by atoms with Crippen molar-refractivity contribution in [2.75, 3.05) is 13.2 Å². The number of pyridine rings is 1. The molecule has 0 radical (unpaired) electrons. The third kappa shape index (κ3) is 3.84. The average molecular weight is 339 g/mol. The standard InChI is InChI=1S/C15H19BrN2O2/c1-3-7-19-12-8-11(9-17-10-12)15(18-4-2)13-5-6-14(16)20-13/h5-6,8-10,15,18H,3-4,7H2,1-2H3. The normalized spacial score (nSPS) is 12.3. The summed E-state index contributed by atoms with van der Waals surface area (Å²) in [4.78, 5) is 4.25. The van der Waals surface area contributed by atoms with Gasteiger partial charge in [0.2, 0.25) is 0 Å². The van der Waals surface area contributed by atoms with Gasteiger partial charge in [0, 0.05) is 6.20 Å². The van der Waals surface area contributed by atoms with Crippen molar-refractivity contribution in [2.24, 2.45) is 0 Å². The maximum atomic E-state index is 5.66. The molecule has 0 saturated carbocycles. The number of rotatable bonds is 7. The lowest BCUT2D eigenvalue weighted by Crippen LogP contribution is -2.21. The van der Waals surface area contributed by atoms with Crippen molar-refractivity contribution in [2.45, 2.75) is 26.3 Å². The van der Waals surface area contributed by atoms with Crippen LogP contribution in [0.4, 0.5) is 0 Å². The quantitative estimate of drug-likeness (QED) is 0.830. The number of aromatic nitrogens is 1. The second-order valence-corrected chi connectivity index (χ2v) is 5.22. The number of nitrogens with one attached hydrogen (secondary N) is 1. The van der Waals surface area contributed by atoms with Gasteiger partial charge in [-0.15, -0.1) is 0 Å². The molecule has 0 aliphatic rings. The average Bonchev–Trinajstić information content (AvgIpc) is 2.89. The number of furan rings is 1. The molecule has 108 valence electrons. The summed E-state index contributed by atoms with van der Waals surface area (Å²) >= 11 is 3.34. The van der Waals surface area contributed by atoms with Gasteiger partial charge in [0.15, 0.2) is 4.67 Å². The molecule has 0 aromatic carbocycles. The Morgan fingerprint density at radius 3 is 2.85 bits per heavy atom. The van der Waals surface area contributed by atoms with Crippen LogP contribution < -0.4 is 10.1 Å². The first-order chi connectivity index (χ1) is 9.74. The van der Waals surface area contributed by atoms with Gasteiger partial charge in [-0.05, 0) is 52.7 Å². The molecule has 0 bridgehead atoms. The predicted octanol–water partition coefficient (Wildman–Crippen LogP) is 3.92. The Balaban J connectivity index is 2.24. The molecule has 2 aromatic rings. The van der Waals surface area contributed by atoms with Gasteiger partial charge in [-0.25, -0.2) is 0 Å². The minimum atomic E-state index is -0.0241. The first kappa shape index (κ1) is 15.1. The highest BCUT2D eigenvalue weighted by molar-refractivity contribution is 9.10. The van der Waals surface area contributed by atoms with Gasteiger partial charge < -0.3 is 14.5 Å². The highest BCUT2D eigenvalue weighted by Gasteiger charge is 2.17. The van der Waals surface area contributed by atoms with Crippen molar-refractivity contribution in [3.63, 3.8) is 0 Å². The maximum Gasteiger partial charge on any atom is 0.169 e. The number of nitrogens with zero attached hydrogens (tertiary/aromatic N) is 1. The first-order valence-corrected chi connectivity index (χ1v) is 7.60. The molecule has 0 spiro atoms. The Kier molecular flexibility index (Phi) is 5.61. The summed E-state index contributed by atoms with van der Waals surface area (Å²) in [5.41, 5.74) is 1.03. The Morgan fingerprint density at radius 2 is 2.20 bits per heavy atom. The molecule has 2 heterocycles. The summed E-state index contributed by atoms with van der Waals surface area (Å²) in [6, 6.07) is 5.83. The molecule has 0 amide bonds. The minimum absolute atomic E-state index is 0.0241. The van der Waals surface area contributed by atoms with Crippen molar-refractivity contribution in [3.05, 3.63) is 46.6 Å². The number of ether oxygens (including phenoxy) is 1. The molecule has 20 heavy (non-hydrogen) atoms. The number of hydrogen-bond acceptors (Lipinski definition) is 4. The summed E-state index contributed by atoms with van der Waals surface area (Å²) in [7, 11) is 0. The van der Waals surface area contributed by atoms with E-state index in [-0.39, 0.29) is 6.04 Å². The van der Waals surface area contributed by atoms with E-state index in [0.717, 1.165) is 34.7 Å². The molecule has 5 heteroatoms. The van der Waals surface area contributed by atoms with Crippen LogP contribution in [0.25, 0.3) is 0 Å². The second kappa shape index (κ2) is 7.45. The van der Waals surface area contributed by atoms with E-state index >= 15 is 0 Å². The van der Waals surface area contributed by atoms with Crippen LogP contribution >= 0.6 is 15.9 Å². The molecular weight excluding hydrogens is 320 g/mol. The zero-order valence-electron chi connectivity index (χ0n) is 11.7. The summed E-state index contributed by atoms with van der Waals surface area (Å²) in [5, 5.41) is 3.40. The maximum absolute atomic E-state index is 5.66. The lowest BCUT2D eigenvalue weighted by Gasteiger charge is -2.16. The second-order valence-electron chi connectivity index (χ2n) is 4.44. The SMILES string of the molecule is CCCOc1cncc(C(NCC)c2ccc(Br)o2)c1. The highest BCUT2D eigenvalue weighted by atomic mass is 79.9. The van der Waals surface area contributed by atoms with Crippen LogP contribution in [-0.4, -0.2) is 18.1 Å². The van der Waals surface area contributed by atoms with Crippen molar-refractivity contribution in [1.29, 1.82) is 0 Å². The third-order valence-electron chi connectivity index (χ3n) is 2.83. The molecule has 1 unspecified atom stereocenters. The fourth-order valence-corrected chi connectivity index (χ4v) is 2.28. The van der Waals surface area contributed by atoms with Gasteiger partial charge in [-0.2, -0.15) is 0 Å². The number of halogens is 1. The monoisotopic (exact) mass is 338 g/mol. The fourth-order valence-electron chi connectivity index (χ4n) is 1.96. The van der Waals surface area contributed by atoms with Crippen molar-refractivity contribution < 1.29 is 9.15 Å².